The number of ether oxygens (including phenoxy) is 2. The normalized spacial score (nSPS) is 11.2. The van der Waals surface area contributed by atoms with Crippen LogP contribution >= 0.6 is 0 Å². The van der Waals surface area contributed by atoms with Crippen LogP contribution in [0.2, 0.25) is 0 Å². The number of hydrogen-bond donors (Lipinski definition) is 5. The number of carbonyl (C=O) groups is 2. The van der Waals surface area contributed by atoms with Gasteiger partial charge in [-0.3, -0.25) is 9.59 Å². The average molecular weight is 730 g/mol. The highest BCUT2D eigenvalue weighted by atomic mass is 19.4. The lowest BCUT2D eigenvalue weighted by Crippen LogP contribution is -2.23. The van der Waals surface area contributed by atoms with Gasteiger partial charge in [0.15, 0.2) is 5.78 Å². The maximum Gasteiger partial charge on any atom is 0.416 e. The van der Waals surface area contributed by atoms with Gasteiger partial charge in [-0.2, -0.15) is 28.1 Å². The van der Waals surface area contributed by atoms with Crippen molar-refractivity contribution in [2.75, 3.05) is 48.9 Å². The number of nitrogens with zero attached hydrogens (tertiary/aromatic N) is 3. The Kier molecular flexibility index (Phi) is 13.7. The molecule has 53 heavy (non-hydrogen) atoms. The van der Waals surface area contributed by atoms with Gasteiger partial charge < -0.3 is 35.8 Å². The number of hydrogen-bond acceptors (Lipinski definition) is 11. The molecule has 0 aliphatic heterocycles. The van der Waals surface area contributed by atoms with Crippen LogP contribution in [0.15, 0.2) is 103 Å². The number of phenols is 1. The number of rotatable bonds is 19. The second kappa shape index (κ2) is 19.0. The van der Waals surface area contributed by atoms with Gasteiger partial charge >= 0.3 is 6.18 Å². The van der Waals surface area contributed by atoms with E-state index in [2.05, 4.69) is 36.2 Å². The van der Waals surface area contributed by atoms with Crippen molar-refractivity contribution in [2.24, 2.45) is 0 Å². The predicted octanol–water partition coefficient (Wildman–Crippen LogP) is 7.12. The zero-order chi connectivity index (χ0) is 37.5. The van der Waals surface area contributed by atoms with E-state index in [-0.39, 0.29) is 35.9 Å². The maximum atomic E-state index is 13.0. The van der Waals surface area contributed by atoms with Crippen molar-refractivity contribution in [3.8, 4) is 5.75 Å². The number of nitrogens with one attached hydrogen (secondary N) is 4. The summed E-state index contributed by atoms with van der Waals surface area (Å²) in [4.78, 5) is 38.2. The second-order valence-electron chi connectivity index (χ2n) is 11.6. The summed E-state index contributed by atoms with van der Waals surface area (Å²) in [7, 11) is 0. The number of ketones is 1. The number of carbonyl (C=O) groups excluding carboxylic acids is 2. The molecule has 0 spiro atoms. The van der Waals surface area contributed by atoms with Gasteiger partial charge in [-0.05, 0) is 72.6 Å². The first-order valence-electron chi connectivity index (χ1n) is 16.7. The van der Waals surface area contributed by atoms with Gasteiger partial charge in [-0.25, -0.2) is 0 Å². The highest BCUT2D eigenvalue weighted by molar-refractivity contribution is 5.96. The minimum absolute atomic E-state index is 0.0717. The first-order chi connectivity index (χ1) is 25.6. The van der Waals surface area contributed by atoms with Gasteiger partial charge in [0.25, 0.3) is 5.91 Å². The highest BCUT2D eigenvalue weighted by Gasteiger charge is 2.30. The second-order valence-corrected chi connectivity index (χ2v) is 11.6. The fourth-order valence-corrected chi connectivity index (χ4v) is 4.88. The van der Waals surface area contributed by atoms with Crippen LogP contribution in [0.3, 0.4) is 0 Å². The molecule has 0 radical (unpaired) electrons. The molecule has 0 bridgehead atoms. The largest absolute Gasteiger partial charge is 0.508 e. The molecule has 12 nitrogen and oxygen atoms in total. The van der Waals surface area contributed by atoms with Gasteiger partial charge in [0, 0.05) is 48.6 Å². The van der Waals surface area contributed by atoms with Crippen LogP contribution < -0.4 is 21.3 Å². The Labute approximate surface area is 303 Å². The number of alkyl halides is 3. The summed E-state index contributed by atoms with van der Waals surface area (Å²) in [5.41, 5.74) is 1.72. The van der Waals surface area contributed by atoms with E-state index in [1.807, 2.05) is 18.2 Å². The van der Waals surface area contributed by atoms with Crippen molar-refractivity contribution in [1.29, 1.82) is 0 Å². The molecule has 5 rings (SSSR count). The number of benzene rings is 4. The molecule has 1 aromatic heterocycles. The van der Waals surface area contributed by atoms with E-state index < -0.39 is 17.6 Å². The molecule has 15 heteroatoms. The van der Waals surface area contributed by atoms with E-state index in [0.717, 1.165) is 12.1 Å². The Morgan fingerprint density at radius 3 is 1.96 bits per heavy atom. The molecule has 0 unspecified atom stereocenters. The molecule has 1 heterocycles. The minimum Gasteiger partial charge on any atom is -0.508 e. The van der Waals surface area contributed by atoms with Gasteiger partial charge in [-0.1, -0.05) is 42.5 Å². The van der Waals surface area contributed by atoms with Gasteiger partial charge in [0.05, 0.1) is 25.4 Å². The van der Waals surface area contributed by atoms with Gasteiger partial charge in [0.2, 0.25) is 17.8 Å². The van der Waals surface area contributed by atoms with Crippen LogP contribution in [-0.4, -0.2) is 64.7 Å². The van der Waals surface area contributed by atoms with Crippen molar-refractivity contribution < 1.29 is 37.3 Å². The molecule has 4 aromatic carbocycles. The number of aromatic hydroxyl groups is 1. The monoisotopic (exact) mass is 729 g/mol. The molecular formula is C38H38F3N7O5. The quantitative estimate of drug-likeness (QED) is 0.0335. The molecule has 5 aromatic rings. The van der Waals surface area contributed by atoms with Crippen molar-refractivity contribution >= 4 is 40.9 Å². The van der Waals surface area contributed by atoms with Crippen LogP contribution in [0.25, 0.3) is 0 Å². The minimum atomic E-state index is -4.47. The van der Waals surface area contributed by atoms with E-state index in [1.165, 1.54) is 24.3 Å². The molecule has 0 fully saturated rings. The lowest BCUT2D eigenvalue weighted by atomic mass is 10.1. The molecule has 0 saturated carbocycles. The smallest absolute Gasteiger partial charge is 0.416 e. The van der Waals surface area contributed by atoms with E-state index in [0.29, 0.717) is 73.9 Å². The van der Waals surface area contributed by atoms with Crippen LogP contribution in [0, 0.1) is 0 Å². The maximum absolute atomic E-state index is 13.0. The zero-order valence-corrected chi connectivity index (χ0v) is 28.5. The Morgan fingerprint density at radius 1 is 0.679 bits per heavy atom. The zero-order valence-electron chi connectivity index (χ0n) is 28.5. The number of anilines is 5. The molecule has 0 aliphatic rings. The van der Waals surface area contributed by atoms with E-state index in [9.17, 15) is 27.9 Å². The summed E-state index contributed by atoms with van der Waals surface area (Å²) in [5, 5.41) is 21.5. The number of halogens is 3. The average Bonchev–Trinajstić information content (AvgIpc) is 3.16. The third-order valence-electron chi connectivity index (χ3n) is 7.56. The van der Waals surface area contributed by atoms with Crippen molar-refractivity contribution in [3.05, 3.63) is 125 Å². The van der Waals surface area contributed by atoms with Crippen LogP contribution in [0.1, 0.15) is 44.7 Å². The Hall–Kier alpha value is -6.06. The lowest BCUT2D eigenvalue weighted by Gasteiger charge is -2.12. The number of aromatic nitrogens is 3. The first-order valence-corrected chi connectivity index (χ1v) is 16.7. The summed E-state index contributed by atoms with van der Waals surface area (Å²) in [6, 6.07) is 26.7. The Bertz CT molecular complexity index is 1930. The van der Waals surface area contributed by atoms with Crippen LogP contribution in [-0.2, 0) is 22.2 Å². The number of Topliss-reactive ketones (excluding diaryl/α,β-unsaturated/α-hetero) is 1. The van der Waals surface area contributed by atoms with Gasteiger partial charge in [0.1, 0.15) is 5.75 Å². The number of amides is 1. The number of phenolic OH excluding ortho intramolecular Hbond substituents is 1. The topological polar surface area (TPSA) is 160 Å². The van der Waals surface area contributed by atoms with Crippen molar-refractivity contribution in [1.82, 2.24) is 20.3 Å². The summed E-state index contributed by atoms with van der Waals surface area (Å²) in [5.74, 6) is 0.381. The molecule has 276 valence electrons. The summed E-state index contributed by atoms with van der Waals surface area (Å²) < 4.78 is 50.3. The van der Waals surface area contributed by atoms with Crippen molar-refractivity contribution in [2.45, 2.75) is 25.6 Å². The fourth-order valence-electron chi connectivity index (χ4n) is 4.88. The van der Waals surface area contributed by atoms with E-state index in [4.69, 9.17) is 9.47 Å². The molecule has 0 atom stereocenters. The third kappa shape index (κ3) is 12.6. The SMILES string of the molecule is O=C(CCCOCCOCCNc1nc(Nc2ccc(O)cc2)nc(Nc2ccc(C(=O)NCc3cccc(C(F)(F)F)c3)cc2)n1)c1ccccc1. The molecule has 1 amide bonds. The van der Waals surface area contributed by atoms with Crippen LogP contribution in [0.5, 0.6) is 5.75 Å². The molecule has 5 N–H and O–H groups in total. The third-order valence-corrected chi connectivity index (χ3v) is 7.56. The van der Waals surface area contributed by atoms with E-state index in [1.54, 1.807) is 48.5 Å². The van der Waals surface area contributed by atoms with Crippen LogP contribution in [0.4, 0.5) is 42.4 Å². The predicted molar refractivity (Wildman–Crippen MR) is 194 cm³/mol. The highest BCUT2D eigenvalue weighted by Crippen LogP contribution is 2.29. The lowest BCUT2D eigenvalue weighted by molar-refractivity contribution is -0.137. The molecule has 0 saturated heterocycles. The molecular weight excluding hydrogens is 691 g/mol. The Morgan fingerprint density at radius 2 is 1.30 bits per heavy atom. The van der Waals surface area contributed by atoms with E-state index >= 15 is 0 Å². The molecule has 0 aliphatic carbocycles. The Balaban J connectivity index is 1.10. The van der Waals surface area contributed by atoms with Crippen molar-refractivity contribution in [3.63, 3.8) is 0 Å². The summed E-state index contributed by atoms with van der Waals surface area (Å²) in [6.07, 6.45) is -3.43. The standard InChI is InChI=1S/C38H38F3N7O5/c39-38(40,41)29-9-4-6-26(24-29)25-43-34(51)28-11-13-30(14-12-28)44-36-46-35(47-37(48-36)45-31-15-17-32(49)18-16-31)42-19-21-53-23-22-52-20-5-10-33(50)27-7-2-1-3-8-27/h1-4,6-9,11-18,24,49H,5,10,19-23,25H2,(H,43,51)(H3,42,44,45,46,47,48). The first kappa shape index (κ1) is 38.2. The van der Waals surface area contributed by atoms with Gasteiger partial charge in [-0.15, -0.1) is 0 Å². The summed E-state index contributed by atoms with van der Waals surface area (Å²) in [6.45, 7) is 1.84. The fraction of sp³-hybridized carbons (Fsp3) is 0.237. The summed E-state index contributed by atoms with van der Waals surface area (Å²) >= 11 is 0.